The van der Waals surface area contributed by atoms with Gasteiger partial charge < -0.3 is 10.2 Å². The van der Waals surface area contributed by atoms with Crippen molar-refractivity contribution in [1.29, 1.82) is 0 Å². The Balaban J connectivity index is 2.25. The highest BCUT2D eigenvalue weighted by atomic mass is 16.2. The SMILES string of the molecule is CN(C)C(=O)NCCc1ccn(C)n1. The molecule has 1 rings (SSSR count). The van der Waals surface area contributed by atoms with Crippen LogP contribution in [0.1, 0.15) is 5.69 Å². The second-order valence-electron chi connectivity index (χ2n) is 3.36. The van der Waals surface area contributed by atoms with E-state index in [-0.39, 0.29) is 6.03 Å². The van der Waals surface area contributed by atoms with Crippen LogP contribution in [0.25, 0.3) is 0 Å². The third kappa shape index (κ3) is 3.08. The molecule has 0 unspecified atom stereocenters. The summed E-state index contributed by atoms with van der Waals surface area (Å²) < 4.78 is 1.75. The van der Waals surface area contributed by atoms with Crippen molar-refractivity contribution < 1.29 is 4.79 Å². The molecular formula is C9H16N4O. The van der Waals surface area contributed by atoms with Gasteiger partial charge in [-0.2, -0.15) is 5.10 Å². The highest BCUT2D eigenvalue weighted by Crippen LogP contribution is 1.93. The fourth-order valence-electron chi connectivity index (χ4n) is 1.05. The molecule has 5 nitrogen and oxygen atoms in total. The van der Waals surface area contributed by atoms with E-state index in [2.05, 4.69) is 10.4 Å². The number of rotatable bonds is 3. The molecule has 1 aromatic heterocycles. The molecule has 0 aromatic carbocycles. The van der Waals surface area contributed by atoms with Gasteiger partial charge in [-0.1, -0.05) is 0 Å². The van der Waals surface area contributed by atoms with Gasteiger partial charge in [0.1, 0.15) is 0 Å². The lowest BCUT2D eigenvalue weighted by Gasteiger charge is -2.10. The highest BCUT2D eigenvalue weighted by Gasteiger charge is 2.02. The van der Waals surface area contributed by atoms with Gasteiger partial charge in [0.05, 0.1) is 5.69 Å². The zero-order valence-corrected chi connectivity index (χ0v) is 8.82. The van der Waals surface area contributed by atoms with Crippen LogP contribution in [-0.2, 0) is 13.5 Å². The van der Waals surface area contributed by atoms with Gasteiger partial charge >= 0.3 is 6.03 Å². The summed E-state index contributed by atoms with van der Waals surface area (Å²) in [5.41, 5.74) is 0.992. The molecule has 0 fully saturated rings. The second kappa shape index (κ2) is 4.64. The van der Waals surface area contributed by atoms with Gasteiger partial charge in [-0.15, -0.1) is 0 Å². The number of carbonyl (C=O) groups excluding carboxylic acids is 1. The van der Waals surface area contributed by atoms with Crippen molar-refractivity contribution in [3.63, 3.8) is 0 Å². The summed E-state index contributed by atoms with van der Waals surface area (Å²) in [6.07, 6.45) is 2.66. The summed E-state index contributed by atoms with van der Waals surface area (Å²) in [4.78, 5) is 12.6. The first-order chi connectivity index (χ1) is 6.59. The molecule has 0 saturated carbocycles. The van der Waals surface area contributed by atoms with Crippen LogP contribution in [-0.4, -0.2) is 41.4 Å². The van der Waals surface area contributed by atoms with Crippen molar-refractivity contribution in [3.05, 3.63) is 18.0 Å². The summed E-state index contributed by atoms with van der Waals surface area (Å²) in [5, 5.41) is 6.98. The summed E-state index contributed by atoms with van der Waals surface area (Å²) >= 11 is 0. The highest BCUT2D eigenvalue weighted by molar-refractivity contribution is 5.73. The van der Waals surface area contributed by atoms with Crippen LogP contribution >= 0.6 is 0 Å². The van der Waals surface area contributed by atoms with Gasteiger partial charge in [0.25, 0.3) is 0 Å². The molecule has 1 aromatic rings. The van der Waals surface area contributed by atoms with Crippen molar-refractivity contribution in [2.75, 3.05) is 20.6 Å². The first kappa shape index (κ1) is 10.6. The van der Waals surface area contributed by atoms with E-state index in [1.807, 2.05) is 19.3 Å². The number of aromatic nitrogens is 2. The molecule has 0 aliphatic rings. The average Bonchev–Trinajstić information content (AvgIpc) is 2.51. The van der Waals surface area contributed by atoms with Crippen molar-refractivity contribution in [3.8, 4) is 0 Å². The number of carbonyl (C=O) groups is 1. The molecule has 2 amide bonds. The largest absolute Gasteiger partial charge is 0.338 e. The van der Waals surface area contributed by atoms with Gasteiger partial charge in [0.2, 0.25) is 0 Å². The van der Waals surface area contributed by atoms with Gasteiger partial charge in [0, 0.05) is 40.3 Å². The Bertz CT molecular complexity index is 306. The van der Waals surface area contributed by atoms with E-state index >= 15 is 0 Å². The maximum atomic E-state index is 11.1. The minimum atomic E-state index is -0.0686. The van der Waals surface area contributed by atoms with Gasteiger partial charge in [-0.25, -0.2) is 4.79 Å². The van der Waals surface area contributed by atoms with Crippen LogP contribution in [0.3, 0.4) is 0 Å². The van der Waals surface area contributed by atoms with E-state index in [0.29, 0.717) is 6.54 Å². The maximum Gasteiger partial charge on any atom is 0.316 e. The lowest BCUT2D eigenvalue weighted by Crippen LogP contribution is -2.35. The van der Waals surface area contributed by atoms with Crippen LogP contribution in [0.4, 0.5) is 4.79 Å². The lowest BCUT2D eigenvalue weighted by molar-refractivity contribution is 0.217. The number of nitrogens with zero attached hydrogens (tertiary/aromatic N) is 3. The Labute approximate surface area is 83.7 Å². The standard InChI is InChI=1S/C9H16N4O/c1-12(2)9(14)10-6-4-8-5-7-13(3)11-8/h5,7H,4,6H2,1-3H3,(H,10,14). The van der Waals surface area contributed by atoms with Crippen molar-refractivity contribution in [1.82, 2.24) is 20.0 Å². The van der Waals surface area contributed by atoms with Crippen LogP contribution in [0.5, 0.6) is 0 Å². The van der Waals surface area contributed by atoms with E-state index < -0.39 is 0 Å². The fraction of sp³-hybridized carbons (Fsp3) is 0.556. The third-order valence-electron chi connectivity index (χ3n) is 1.83. The summed E-state index contributed by atoms with van der Waals surface area (Å²) in [6, 6.07) is 1.88. The van der Waals surface area contributed by atoms with Gasteiger partial charge in [0.15, 0.2) is 0 Å². The van der Waals surface area contributed by atoms with Crippen LogP contribution < -0.4 is 5.32 Å². The summed E-state index contributed by atoms with van der Waals surface area (Å²) in [5.74, 6) is 0. The molecule has 0 spiro atoms. The van der Waals surface area contributed by atoms with Crippen LogP contribution in [0, 0.1) is 0 Å². The Kier molecular flexibility index (Phi) is 3.50. The number of amides is 2. The topological polar surface area (TPSA) is 50.2 Å². The lowest BCUT2D eigenvalue weighted by atomic mass is 10.3. The van der Waals surface area contributed by atoms with Crippen LogP contribution in [0.2, 0.25) is 0 Å². The van der Waals surface area contributed by atoms with E-state index in [1.165, 1.54) is 4.90 Å². The fourth-order valence-corrected chi connectivity index (χ4v) is 1.05. The minimum absolute atomic E-state index is 0.0686. The van der Waals surface area contributed by atoms with E-state index in [9.17, 15) is 4.79 Å². The minimum Gasteiger partial charge on any atom is -0.338 e. The van der Waals surface area contributed by atoms with Crippen molar-refractivity contribution in [2.24, 2.45) is 7.05 Å². The predicted octanol–water partition coefficient (Wildman–Crippen LogP) is 0.234. The van der Waals surface area contributed by atoms with Gasteiger partial charge in [-0.05, 0) is 6.07 Å². The van der Waals surface area contributed by atoms with Crippen LogP contribution in [0.15, 0.2) is 12.3 Å². The molecule has 14 heavy (non-hydrogen) atoms. The molecule has 0 radical (unpaired) electrons. The molecule has 0 atom stereocenters. The number of aryl methyl sites for hydroxylation is 1. The summed E-state index contributed by atoms with van der Waals surface area (Å²) in [6.45, 7) is 0.619. The molecule has 1 heterocycles. The number of hydrogen-bond acceptors (Lipinski definition) is 2. The number of nitrogens with one attached hydrogen (secondary N) is 1. The normalized spacial score (nSPS) is 9.93. The molecule has 0 aliphatic heterocycles. The van der Waals surface area contributed by atoms with Crippen molar-refractivity contribution in [2.45, 2.75) is 6.42 Å². The molecule has 78 valence electrons. The Morgan fingerprint density at radius 1 is 1.64 bits per heavy atom. The first-order valence-electron chi connectivity index (χ1n) is 4.53. The Morgan fingerprint density at radius 3 is 2.86 bits per heavy atom. The molecular weight excluding hydrogens is 180 g/mol. The quantitative estimate of drug-likeness (QED) is 0.752. The summed E-state index contributed by atoms with van der Waals surface area (Å²) in [7, 11) is 5.31. The Hall–Kier alpha value is -1.52. The maximum absolute atomic E-state index is 11.1. The van der Waals surface area contributed by atoms with Crippen molar-refractivity contribution >= 4 is 6.03 Å². The molecule has 0 saturated heterocycles. The van der Waals surface area contributed by atoms with Gasteiger partial charge in [-0.3, -0.25) is 4.68 Å². The zero-order chi connectivity index (χ0) is 10.6. The van der Waals surface area contributed by atoms with E-state index in [1.54, 1.807) is 18.8 Å². The Morgan fingerprint density at radius 2 is 2.36 bits per heavy atom. The molecule has 0 aliphatic carbocycles. The monoisotopic (exact) mass is 196 g/mol. The molecule has 1 N–H and O–H groups in total. The number of urea groups is 1. The molecule has 5 heteroatoms. The predicted molar refractivity (Wildman–Crippen MR) is 54.0 cm³/mol. The smallest absolute Gasteiger partial charge is 0.316 e. The second-order valence-corrected chi connectivity index (χ2v) is 3.36. The zero-order valence-electron chi connectivity index (χ0n) is 8.82. The molecule has 0 bridgehead atoms. The number of hydrogen-bond donors (Lipinski definition) is 1. The third-order valence-corrected chi connectivity index (χ3v) is 1.83. The van der Waals surface area contributed by atoms with E-state index in [4.69, 9.17) is 0 Å². The first-order valence-corrected chi connectivity index (χ1v) is 4.53. The average molecular weight is 196 g/mol. The van der Waals surface area contributed by atoms with E-state index in [0.717, 1.165) is 12.1 Å².